The smallest absolute Gasteiger partial charge is 0.254 e. The molecule has 1 heterocycles. The Bertz CT molecular complexity index is 886. The maximum atomic E-state index is 13.3. The SMILES string of the molecule is CCN(CC)C(=O)CN(C)C(=O)c1cc(C)c(C)c(S(=O)(=O)N2CCC(C)CC2)c1. The van der Waals surface area contributed by atoms with Crippen molar-refractivity contribution in [3.05, 3.63) is 28.8 Å². The van der Waals surface area contributed by atoms with Gasteiger partial charge in [-0.1, -0.05) is 6.92 Å². The maximum absolute atomic E-state index is 13.3. The monoisotopic (exact) mass is 437 g/mol. The summed E-state index contributed by atoms with van der Waals surface area (Å²) in [7, 11) is -2.11. The van der Waals surface area contributed by atoms with Crippen molar-refractivity contribution in [1.29, 1.82) is 0 Å². The molecule has 30 heavy (non-hydrogen) atoms. The first kappa shape index (κ1) is 24.3. The molecule has 0 atom stereocenters. The summed E-state index contributed by atoms with van der Waals surface area (Å²) in [6, 6.07) is 3.17. The number of hydrogen-bond acceptors (Lipinski definition) is 4. The molecule has 1 aromatic carbocycles. The minimum Gasteiger partial charge on any atom is -0.342 e. The van der Waals surface area contributed by atoms with Gasteiger partial charge in [-0.2, -0.15) is 4.31 Å². The molecule has 1 aliphatic rings. The maximum Gasteiger partial charge on any atom is 0.254 e. The Morgan fingerprint density at radius 1 is 1.10 bits per heavy atom. The minimum atomic E-state index is -3.68. The second kappa shape index (κ2) is 9.92. The molecule has 0 spiro atoms. The van der Waals surface area contributed by atoms with Crippen molar-refractivity contribution >= 4 is 21.8 Å². The highest BCUT2D eigenvalue weighted by molar-refractivity contribution is 7.89. The lowest BCUT2D eigenvalue weighted by atomic mass is 10.0. The van der Waals surface area contributed by atoms with Gasteiger partial charge in [0.1, 0.15) is 0 Å². The van der Waals surface area contributed by atoms with Gasteiger partial charge in [0.25, 0.3) is 5.91 Å². The second-order valence-electron chi connectivity index (χ2n) is 8.23. The molecular formula is C22H35N3O4S. The van der Waals surface area contributed by atoms with Crippen LogP contribution in [-0.2, 0) is 14.8 Å². The predicted molar refractivity (Wildman–Crippen MR) is 118 cm³/mol. The summed E-state index contributed by atoms with van der Waals surface area (Å²) in [6.07, 6.45) is 1.68. The Balaban J connectivity index is 2.31. The normalized spacial score (nSPS) is 15.8. The van der Waals surface area contributed by atoms with Crippen molar-refractivity contribution in [1.82, 2.24) is 14.1 Å². The molecule has 0 aliphatic carbocycles. The fourth-order valence-corrected chi connectivity index (χ4v) is 5.55. The van der Waals surface area contributed by atoms with Gasteiger partial charge in [0.2, 0.25) is 15.9 Å². The van der Waals surface area contributed by atoms with Crippen LogP contribution in [0.25, 0.3) is 0 Å². The molecule has 1 saturated heterocycles. The highest BCUT2D eigenvalue weighted by atomic mass is 32.2. The number of benzene rings is 1. The van der Waals surface area contributed by atoms with Crippen LogP contribution in [0.4, 0.5) is 0 Å². The molecule has 168 valence electrons. The van der Waals surface area contributed by atoms with E-state index in [1.807, 2.05) is 20.8 Å². The first-order valence-electron chi connectivity index (χ1n) is 10.7. The molecule has 0 saturated carbocycles. The lowest BCUT2D eigenvalue weighted by Gasteiger charge is -2.30. The zero-order valence-corrected chi connectivity index (χ0v) is 19.9. The molecule has 1 aromatic rings. The van der Waals surface area contributed by atoms with E-state index in [2.05, 4.69) is 6.92 Å². The van der Waals surface area contributed by atoms with Gasteiger partial charge in [-0.05, 0) is 69.7 Å². The van der Waals surface area contributed by atoms with E-state index in [1.165, 1.54) is 15.3 Å². The summed E-state index contributed by atoms with van der Waals surface area (Å²) in [5.41, 5.74) is 1.69. The quantitative estimate of drug-likeness (QED) is 0.657. The number of aryl methyl sites for hydroxylation is 1. The molecule has 1 fully saturated rings. The summed E-state index contributed by atoms with van der Waals surface area (Å²) in [6.45, 7) is 11.6. The average Bonchev–Trinajstić information content (AvgIpc) is 2.70. The number of carbonyl (C=O) groups is 2. The highest BCUT2D eigenvalue weighted by Crippen LogP contribution is 2.28. The highest BCUT2D eigenvalue weighted by Gasteiger charge is 2.31. The number of amides is 2. The van der Waals surface area contributed by atoms with Crippen LogP contribution in [0.5, 0.6) is 0 Å². The van der Waals surface area contributed by atoms with E-state index < -0.39 is 10.0 Å². The van der Waals surface area contributed by atoms with E-state index in [-0.39, 0.29) is 28.8 Å². The van der Waals surface area contributed by atoms with Crippen LogP contribution in [0.15, 0.2) is 17.0 Å². The molecule has 1 aliphatic heterocycles. The number of likely N-dealkylation sites (N-methyl/N-ethyl adjacent to an activating group) is 2. The molecule has 7 nitrogen and oxygen atoms in total. The summed E-state index contributed by atoms with van der Waals surface area (Å²) in [5, 5.41) is 0. The van der Waals surface area contributed by atoms with E-state index in [0.29, 0.717) is 37.7 Å². The summed E-state index contributed by atoms with van der Waals surface area (Å²) in [4.78, 5) is 28.5. The van der Waals surface area contributed by atoms with Crippen molar-refractivity contribution in [2.45, 2.75) is 52.4 Å². The Kier molecular flexibility index (Phi) is 8.05. The largest absolute Gasteiger partial charge is 0.342 e. The van der Waals surface area contributed by atoms with E-state index in [0.717, 1.165) is 18.4 Å². The van der Waals surface area contributed by atoms with Crippen molar-refractivity contribution < 1.29 is 18.0 Å². The minimum absolute atomic E-state index is 0.0421. The van der Waals surface area contributed by atoms with Crippen LogP contribution in [0.2, 0.25) is 0 Å². The van der Waals surface area contributed by atoms with E-state index >= 15 is 0 Å². The van der Waals surface area contributed by atoms with Crippen LogP contribution in [0.3, 0.4) is 0 Å². The number of carbonyl (C=O) groups excluding carboxylic acids is 2. The van der Waals surface area contributed by atoms with Gasteiger partial charge >= 0.3 is 0 Å². The van der Waals surface area contributed by atoms with Crippen LogP contribution in [-0.4, -0.2) is 74.1 Å². The summed E-state index contributed by atoms with van der Waals surface area (Å²) >= 11 is 0. The molecule has 0 N–H and O–H groups in total. The van der Waals surface area contributed by atoms with Crippen molar-refractivity contribution in [3.8, 4) is 0 Å². The van der Waals surface area contributed by atoms with Gasteiger partial charge in [-0.3, -0.25) is 9.59 Å². The molecule has 0 bridgehead atoms. The zero-order valence-electron chi connectivity index (χ0n) is 19.1. The molecule has 0 aromatic heterocycles. The van der Waals surface area contributed by atoms with Crippen LogP contribution in [0.1, 0.15) is 55.1 Å². The lowest BCUT2D eigenvalue weighted by Crippen LogP contribution is -2.41. The van der Waals surface area contributed by atoms with Crippen LogP contribution >= 0.6 is 0 Å². The van der Waals surface area contributed by atoms with E-state index in [4.69, 9.17) is 0 Å². The average molecular weight is 438 g/mol. The standard InChI is InChI=1S/C22H35N3O4S/c1-7-24(8-2)21(26)15-23(6)22(27)19-13-17(4)18(5)20(14-19)30(28,29)25-11-9-16(3)10-12-25/h13-14,16H,7-12,15H2,1-6H3. The fraction of sp³-hybridized carbons (Fsp3) is 0.636. The first-order chi connectivity index (χ1) is 14.0. The van der Waals surface area contributed by atoms with Crippen LogP contribution < -0.4 is 0 Å². The lowest BCUT2D eigenvalue weighted by molar-refractivity contribution is -0.131. The molecule has 2 rings (SSSR count). The number of rotatable bonds is 7. The van der Waals surface area contributed by atoms with E-state index in [1.54, 1.807) is 24.9 Å². The van der Waals surface area contributed by atoms with Gasteiger partial charge in [0.05, 0.1) is 11.4 Å². The van der Waals surface area contributed by atoms with Gasteiger partial charge in [0, 0.05) is 38.8 Å². The molecule has 0 radical (unpaired) electrons. The predicted octanol–water partition coefficient (Wildman–Crippen LogP) is 2.66. The Morgan fingerprint density at radius 2 is 1.67 bits per heavy atom. The third-order valence-corrected chi connectivity index (χ3v) is 8.09. The van der Waals surface area contributed by atoms with Gasteiger partial charge in [-0.25, -0.2) is 8.42 Å². The van der Waals surface area contributed by atoms with Gasteiger partial charge < -0.3 is 9.80 Å². The molecule has 2 amide bonds. The zero-order chi connectivity index (χ0) is 22.6. The van der Waals surface area contributed by atoms with Crippen molar-refractivity contribution in [3.63, 3.8) is 0 Å². The Morgan fingerprint density at radius 3 is 2.20 bits per heavy atom. The number of hydrogen-bond donors (Lipinski definition) is 0. The van der Waals surface area contributed by atoms with Crippen molar-refractivity contribution in [2.24, 2.45) is 5.92 Å². The van der Waals surface area contributed by atoms with Gasteiger partial charge in [0.15, 0.2) is 0 Å². The Hall–Kier alpha value is -1.93. The first-order valence-corrected chi connectivity index (χ1v) is 12.1. The second-order valence-corrected chi connectivity index (χ2v) is 10.1. The third kappa shape index (κ3) is 5.21. The summed E-state index contributed by atoms with van der Waals surface area (Å²) in [5.74, 6) is 0.0291. The molecule has 0 unspecified atom stereocenters. The van der Waals surface area contributed by atoms with E-state index in [9.17, 15) is 18.0 Å². The number of piperidine rings is 1. The fourth-order valence-electron chi connectivity index (χ4n) is 3.75. The number of nitrogens with zero attached hydrogens (tertiary/aromatic N) is 3. The molecule has 8 heteroatoms. The number of sulfonamides is 1. The van der Waals surface area contributed by atoms with Crippen LogP contribution in [0, 0.1) is 19.8 Å². The molecular weight excluding hydrogens is 402 g/mol. The third-order valence-electron chi connectivity index (χ3n) is 6.06. The Labute approximate surface area is 181 Å². The van der Waals surface area contributed by atoms with Crippen molar-refractivity contribution in [2.75, 3.05) is 39.8 Å². The summed E-state index contributed by atoms with van der Waals surface area (Å²) < 4.78 is 28.1. The topological polar surface area (TPSA) is 78.0 Å². The van der Waals surface area contributed by atoms with Gasteiger partial charge in [-0.15, -0.1) is 0 Å².